The summed E-state index contributed by atoms with van der Waals surface area (Å²) in [6.07, 6.45) is 1.04. The van der Waals surface area contributed by atoms with Crippen molar-refractivity contribution in [2.24, 2.45) is 0 Å². The number of hydrogen-bond donors (Lipinski definition) is 1. The molecule has 1 rings (SSSR count). The molecule has 0 unspecified atom stereocenters. The van der Waals surface area contributed by atoms with Crippen LogP contribution in [0, 0.1) is 10.1 Å². The Morgan fingerprint density at radius 3 is 2.89 bits per heavy atom. The summed E-state index contributed by atoms with van der Waals surface area (Å²) in [5, 5.41) is 19.8. The van der Waals surface area contributed by atoms with Crippen LogP contribution < -0.4 is 4.90 Å². The summed E-state index contributed by atoms with van der Waals surface area (Å²) < 4.78 is 4.90. The predicted molar refractivity (Wildman–Crippen MR) is 64.9 cm³/mol. The van der Waals surface area contributed by atoms with Crippen molar-refractivity contribution in [1.29, 1.82) is 0 Å². The summed E-state index contributed by atoms with van der Waals surface area (Å²) in [4.78, 5) is 19.2. The fourth-order valence-corrected chi connectivity index (χ4v) is 1.48. The molecule has 0 spiro atoms. The number of hydrogen-bond acceptors (Lipinski definition) is 7. The van der Waals surface area contributed by atoms with Gasteiger partial charge in [0.15, 0.2) is 0 Å². The standard InChI is InChI=1S/C9H13ClN4O4/c1-18-5-3-13(2-4-15)8-7(14(16)17)6-11-9(10)12-8/h6,15H,2-5H2,1H3. The third-order valence-corrected chi connectivity index (χ3v) is 2.33. The van der Waals surface area contributed by atoms with E-state index in [0.29, 0.717) is 13.2 Å². The van der Waals surface area contributed by atoms with Crippen LogP contribution in [-0.2, 0) is 4.74 Å². The summed E-state index contributed by atoms with van der Waals surface area (Å²) in [6, 6.07) is 0. The van der Waals surface area contributed by atoms with Crippen LogP contribution in [0.1, 0.15) is 0 Å². The van der Waals surface area contributed by atoms with Crippen molar-refractivity contribution < 1.29 is 14.8 Å². The molecule has 0 radical (unpaired) electrons. The first-order valence-corrected chi connectivity index (χ1v) is 5.49. The van der Waals surface area contributed by atoms with Gasteiger partial charge in [-0.15, -0.1) is 0 Å². The monoisotopic (exact) mass is 276 g/mol. The predicted octanol–water partition coefficient (Wildman–Crippen LogP) is 0.483. The number of aliphatic hydroxyl groups is 1. The number of nitro groups is 1. The lowest BCUT2D eigenvalue weighted by molar-refractivity contribution is -0.384. The van der Waals surface area contributed by atoms with Gasteiger partial charge >= 0.3 is 5.69 Å². The van der Waals surface area contributed by atoms with Gasteiger partial charge in [-0.1, -0.05) is 0 Å². The van der Waals surface area contributed by atoms with Gasteiger partial charge in [0.05, 0.1) is 18.1 Å². The van der Waals surface area contributed by atoms with Gasteiger partial charge < -0.3 is 14.7 Å². The number of aliphatic hydroxyl groups excluding tert-OH is 1. The van der Waals surface area contributed by atoms with Gasteiger partial charge in [-0.25, -0.2) is 4.98 Å². The first kappa shape index (κ1) is 14.6. The molecule has 0 aliphatic carbocycles. The third kappa shape index (κ3) is 3.76. The molecule has 1 aromatic heterocycles. The molecule has 100 valence electrons. The average Bonchev–Trinajstić information content (AvgIpc) is 2.34. The highest BCUT2D eigenvalue weighted by atomic mass is 35.5. The number of halogens is 1. The van der Waals surface area contributed by atoms with E-state index < -0.39 is 4.92 Å². The minimum atomic E-state index is -0.594. The van der Waals surface area contributed by atoms with Crippen LogP contribution in [0.3, 0.4) is 0 Å². The molecule has 0 atom stereocenters. The molecule has 0 aliphatic rings. The van der Waals surface area contributed by atoms with E-state index >= 15 is 0 Å². The molecule has 0 amide bonds. The maximum Gasteiger partial charge on any atom is 0.329 e. The molecule has 18 heavy (non-hydrogen) atoms. The van der Waals surface area contributed by atoms with E-state index in [4.69, 9.17) is 21.4 Å². The van der Waals surface area contributed by atoms with Crippen LogP contribution in [0.25, 0.3) is 0 Å². The molecule has 0 fully saturated rings. The molecular formula is C9H13ClN4O4. The zero-order valence-corrected chi connectivity index (χ0v) is 10.5. The third-order valence-electron chi connectivity index (χ3n) is 2.15. The van der Waals surface area contributed by atoms with Crippen LogP contribution in [0.5, 0.6) is 0 Å². The highest BCUT2D eigenvalue weighted by molar-refractivity contribution is 6.28. The van der Waals surface area contributed by atoms with E-state index in [1.165, 1.54) is 12.0 Å². The Balaban J connectivity index is 3.07. The number of nitrogens with zero attached hydrogens (tertiary/aromatic N) is 4. The Bertz CT molecular complexity index is 418. The van der Waals surface area contributed by atoms with Crippen molar-refractivity contribution in [3.05, 3.63) is 21.6 Å². The topological polar surface area (TPSA) is 102 Å². The maximum atomic E-state index is 10.9. The molecule has 0 saturated heterocycles. The van der Waals surface area contributed by atoms with Gasteiger partial charge in [0.25, 0.3) is 0 Å². The Morgan fingerprint density at radius 2 is 2.33 bits per heavy atom. The van der Waals surface area contributed by atoms with E-state index in [-0.39, 0.29) is 29.9 Å². The number of ether oxygens (including phenoxy) is 1. The summed E-state index contributed by atoms with van der Waals surface area (Å²) in [5.74, 6) is 0.0751. The number of anilines is 1. The van der Waals surface area contributed by atoms with Crippen molar-refractivity contribution in [2.45, 2.75) is 0 Å². The van der Waals surface area contributed by atoms with Gasteiger partial charge in [-0.2, -0.15) is 4.98 Å². The fourth-order valence-electron chi connectivity index (χ4n) is 1.35. The van der Waals surface area contributed by atoms with Crippen molar-refractivity contribution in [3.63, 3.8) is 0 Å². The fraction of sp³-hybridized carbons (Fsp3) is 0.556. The molecule has 1 aromatic rings. The van der Waals surface area contributed by atoms with Crippen LogP contribution in [0.4, 0.5) is 11.5 Å². The first-order chi connectivity index (χ1) is 8.60. The van der Waals surface area contributed by atoms with Crippen molar-refractivity contribution >= 4 is 23.1 Å². The second-order valence-corrected chi connectivity index (χ2v) is 3.65. The lowest BCUT2D eigenvalue weighted by Gasteiger charge is -2.21. The van der Waals surface area contributed by atoms with Gasteiger partial charge in [0, 0.05) is 20.2 Å². The molecule has 0 aromatic carbocycles. The summed E-state index contributed by atoms with van der Waals surface area (Å²) in [5.41, 5.74) is -0.260. The van der Waals surface area contributed by atoms with E-state index in [1.807, 2.05) is 0 Å². The van der Waals surface area contributed by atoms with Crippen LogP contribution in [-0.4, -0.2) is 53.4 Å². The van der Waals surface area contributed by atoms with Gasteiger partial charge in [0.2, 0.25) is 11.1 Å². The van der Waals surface area contributed by atoms with E-state index in [0.717, 1.165) is 6.20 Å². The zero-order chi connectivity index (χ0) is 13.5. The summed E-state index contributed by atoms with van der Waals surface area (Å²) in [6.45, 7) is 0.726. The van der Waals surface area contributed by atoms with Crippen molar-refractivity contribution in [2.75, 3.05) is 38.3 Å². The molecule has 1 heterocycles. The molecule has 0 bridgehead atoms. The van der Waals surface area contributed by atoms with E-state index in [1.54, 1.807) is 0 Å². The minimum Gasteiger partial charge on any atom is -0.395 e. The normalized spacial score (nSPS) is 10.4. The minimum absolute atomic E-state index is 0.0751. The smallest absolute Gasteiger partial charge is 0.329 e. The molecule has 0 saturated carbocycles. The Labute approximate surface area is 108 Å². The van der Waals surface area contributed by atoms with Gasteiger partial charge in [-0.3, -0.25) is 10.1 Å². The number of methoxy groups -OCH3 is 1. The molecular weight excluding hydrogens is 264 g/mol. The lowest BCUT2D eigenvalue weighted by Crippen LogP contribution is -2.31. The highest BCUT2D eigenvalue weighted by Crippen LogP contribution is 2.25. The largest absolute Gasteiger partial charge is 0.395 e. The van der Waals surface area contributed by atoms with Gasteiger partial charge in [0.1, 0.15) is 6.20 Å². The lowest BCUT2D eigenvalue weighted by atomic mass is 10.4. The van der Waals surface area contributed by atoms with E-state index in [2.05, 4.69) is 9.97 Å². The van der Waals surface area contributed by atoms with Crippen molar-refractivity contribution in [3.8, 4) is 0 Å². The first-order valence-electron chi connectivity index (χ1n) is 5.11. The van der Waals surface area contributed by atoms with Crippen molar-refractivity contribution in [1.82, 2.24) is 9.97 Å². The Morgan fingerprint density at radius 1 is 1.61 bits per heavy atom. The molecule has 9 heteroatoms. The van der Waals surface area contributed by atoms with E-state index in [9.17, 15) is 10.1 Å². The molecule has 0 aliphatic heterocycles. The summed E-state index contributed by atoms with van der Waals surface area (Å²) >= 11 is 5.63. The zero-order valence-electron chi connectivity index (χ0n) is 9.74. The van der Waals surface area contributed by atoms with Crippen LogP contribution >= 0.6 is 11.6 Å². The quantitative estimate of drug-likeness (QED) is 0.439. The molecule has 1 N–H and O–H groups in total. The number of aromatic nitrogens is 2. The Kier molecular flexibility index (Phi) is 5.69. The molecule has 8 nitrogen and oxygen atoms in total. The Hall–Kier alpha value is -1.51. The SMILES string of the molecule is COCCN(CCO)c1nc(Cl)ncc1[N+](=O)[O-]. The maximum absolute atomic E-state index is 10.9. The van der Waals surface area contributed by atoms with Crippen LogP contribution in [0.15, 0.2) is 6.20 Å². The highest BCUT2D eigenvalue weighted by Gasteiger charge is 2.22. The average molecular weight is 277 g/mol. The second kappa shape index (κ2) is 7.04. The van der Waals surface area contributed by atoms with Crippen LogP contribution in [0.2, 0.25) is 5.28 Å². The number of rotatable bonds is 7. The summed E-state index contributed by atoms with van der Waals surface area (Å²) in [7, 11) is 1.51. The second-order valence-electron chi connectivity index (χ2n) is 3.31. The van der Waals surface area contributed by atoms with Gasteiger partial charge in [-0.05, 0) is 11.6 Å².